The highest BCUT2D eigenvalue weighted by Gasteiger charge is 2.21. The van der Waals surface area contributed by atoms with E-state index in [1.807, 2.05) is 24.3 Å². The number of rotatable bonds is 9. The molecule has 2 heterocycles. The van der Waals surface area contributed by atoms with Crippen LogP contribution in [0.25, 0.3) is 0 Å². The van der Waals surface area contributed by atoms with Crippen molar-refractivity contribution in [2.45, 2.75) is 11.3 Å². The van der Waals surface area contributed by atoms with Gasteiger partial charge in [-0.2, -0.15) is 4.37 Å². The van der Waals surface area contributed by atoms with Crippen LogP contribution in [0.15, 0.2) is 59.5 Å². The quantitative estimate of drug-likeness (QED) is 0.510. The second kappa shape index (κ2) is 10.4. The van der Waals surface area contributed by atoms with Gasteiger partial charge in [0, 0.05) is 57.2 Å². The first kappa shape index (κ1) is 22.7. The number of sulfonamides is 1. The summed E-state index contributed by atoms with van der Waals surface area (Å²) in [6.07, 6.45) is 0.676. The van der Waals surface area contributed by atoms with Gasteiger partial charge >= 0.3 is 0 Å². The monoisotopic (exact) mass is 473 g/mol. The molecule has 1 aliphatic rings. The molecule has 1 N–H and O–H groups in total. The van der Waals surface area contributed by atoms with Crippen molar-refractivity contribution in [2.75, 3.05) is 51.3 Å². The van der Waals surface area contributed by atoms with E-state index in [0.717, 1.165) is 48.4 Å². The number of nitrogens with one attached hydrogen (secondary N) is 1. The number of methoxy groups -OCH3 is 1. The molecule has 1 aliphatic heterocycles. The van der Waals surface area contributed by atoms with Crippen LogP contribution in [0.5, 0.6) is 5.75 Å². The summed E-state index contributed by atoms with van der Waals surface area (Å²) in [5.41, 5.74) is 1.12. The lowest BCUT2D eigenvalue weighted by atomic mass is 10.1. The summed E-state index contributed by atoms with van der Waals surface area (Å²) in [6, 6.07) is 16.4. The lowest BCUT2D eigenvalue weighted by Gasteiger charge is -2.34. The van der Waals surface area contributed by atoms with Crippen molar-refractivity contribution >= 4 is 26.7 Å². The van der Waals surface area contributed by atoms with E-state index in [2.05, 4.69) is 18.9 Å². The fourth-order valence-corrected chi connectivity index (χ4v) is 5.37. The Morgan fingerprint density at radius 3 is 2.59 bits per heavy atom. The fraction of sp³-hybridized carbons (Fsp3) is 0.364. The summed E-state index contributed by atoms with van der Waals surface area (Å²) in [7, 11) is -1.79. The van der Waals surface area contributed by atoms with Gasteiger partial charge in [-0.25, -0.2) is 18.1 Å². The van der Waals surface area contributed by atoms with Crippen LogP contribution >= 0.6 is 11.5 Å². The van der Waals surface area contributed by atoms with Crippen LogP contribution in [0.4, 0.5) is 5.13 Å². The van der Waals surface area contributed by atoms with Crippen LogP contribution in [-0.4, -0.2) is 69.1 Å². The molecule has 0 saturated carbocycles. The van der Waals surface area contributed by atoms with E-state index >= 15 is 0 Å². The van der Waals surface area contributed by atoms with Crippen molar-refractivity contribution < 1.29 is 13.2 Å². The molecular formula is C22H27N5O3S2. The molecule has 0 spiro atoms. The SMILES string of the molecule is COc1cccc(Cc2nsc(N3CCN(CCNS(=O)(=O)c4ccccc4)CC3)n2)c1. The van der Waals surface area contributed by atoms with Crippen molar-refractivity contribution in [1.29, 1.82) is 0 Å². The number of aromatic nitrogens is 2. The highest BCUT2D eigenvalue weighted by molar-refractivity contribution is 7.89. The van der Waals surface area contributed by atoms with E-state index in [4.69, 9.17) is 9.72 Å². The molecule has 0 radical (unpaired) electrons. The Kier molecular flexibility index (Phi) is 7.36. The van der Waals surface area contributed by atoms with Crippen molar-refractivity contribution in [3.8, 4) is 5.75 Å². The Labute approximate surface area is 193 Å². The molecule has 4 rings (SSSR count). The van der Waals surface area contributed by atoms with E-state index in [-0.39, 0.29) is 0 Å². The molecule has 0 amide bonds. The third kappa shape index (κ3) is 5.83. The van der Waals surface area contributed by atoms with Gasteiger partial charge in [-0.05, 0) is 29.8 Å². The number of piperazine rings is 1. The molecule has 0 atom stereocenters. The summed E-state index contributed by atoms with van der Waals surface area (Å²) in [4.78, 5) is 9.53. The van der Waals surface area contributed by atoms with Gasteiger partial charge in [0.2, 0.25) is 15.2 Å². The first-order valence-electron chi connectivity index (χ1n) is 10.5. The molecule has 1 fully saturated rings. The number of hydrogen-bond acceptors (Lipinski definition) is 8. The number of anilines is 1. The van der Waals surface area contributed by atoms with E-state index in [9.17, 15) is 8.42 Å². The Morgan fingerprint density at radius 2 is 1.84 bits per heavy atom. The van der Waals surface area contributed by atoms with Crippen molar-refractivity contribution in [2.24, 2.45) is 0 Å². The smallest absolute Gasteiger partial charge is 0.240 e. The zero-order chi connectivity index (χ0) is 22.4. The maximum atomic E-state index is 12.3. The van der Waals surface area contributed by atoms with Crippen molar-refractivity contribution in [1.82, 2.24) is 19.0 Å². The van der Waals surface area contributed by atoms with E-state index in [1.54, 1.807) is 37.4 Å². The predicted octanol–water partition coefficient (Wildman–Crippen LogP) is 2.24. The Morgan fingerprint density at radius 1 is 1.06 bits per heavy atom. The molecule has 3 aromatic rings. The topological polar surface area (TPSA) is 87.7 Å². The van der Waals surface area contributed by atoms with Crippen LogP contribution < -0.4 is 14.4 Å². The highest BCUT2D eigenvalue weighted by atomic mass is 32.2. The van der Waals surface area contributed by atoms with Gasteiger partial charge in [-0.15, -0.1) is 0 Å². The minimum atomic E-state index is -3.45. The first-order valence-corrected chi connectivity index (χ1v) is 12.8. The average molecular weight is 474 g/mol. The Hall–Kier alpha value is -2.53. The second-order valence-corrected chi connectivity index (χ2v) is 10.1. The molecular weight excluding hydrogens is 446 g/mol. The Balaban J connectivity index is 1.23. The predicted molar refractivity (Wildman–Crippen MR) is 126 cm³/mol. The summed E-state index contributed by atoms with van der Waals surface area (Å²) < 4.78 is 37.1. The van der Waals surface area contributed by atoms with E-state index in [0.29, 0.717) is 24.4 Å². The lowest BCUT2D eigenvalue weighted by molar-refractivity contribution is 0.262. The third-order valence-electron chi connectivity index (χ3n) is 5.37. The normalized spacial score (nSPS) is 15.1. The third-order valence-corrected chi connectivity index (χ3v) is 7.66. The van der Waals surface area contributed by atoms with Gasteiger partial charge in [-0.3, -0.25) is 4.90 Å². The molecule has 0 aliphatic carbocycles. The first-order chi connectivity index (χ1) is 15.5. The van der Waals surface area contributed by atoms with Crippen LogP contribution in [0.3, 0.4) is 0 Å². The summed E-state index contributed by atoms with van der Waals surface area (Å²) in [5.74, 6) is 1.65. The second-order valence-electron chi connectivity index (χ2n) is 7.56. The summed E-state index contributed by atoms with van der Waals surface area (Å²) >= 11 is 1.43. The molecule has 32 heavy (non-hydrogen) atoms. The molecule has 2 aromatic carbocycles. The van der Waals surface area contributed by atoms with Crippen LogP contribution in [0, 0.1) is 0 Å². The summed E-state index contributed by atoms with van der Waals surface area (Å²) in [5, 5.41) is 0.937. The van der Waals surface area contributed by atoms with Gasteiger partial charge in [0.1, 0.15) is 11.6 Å². The maximum Gasteiger partial charge on any atom is 0.240 e. The lowest BCUT2D eigenvalue weighted by Crippen LogP contribution is -2.48. The maximum absolute atomic E-state index is 12.3. The van der Waals surface area contributed by atoms with E-state index < -0.39 is 10.0 Å². The van der Waals surface area contributed by atoms with Gasteiger partial charge < -0.3 is 9.64 Å². The largest absolute Gasteiger partial charge is 0.497 e. The minimum absolute atomic E-state index is 0.297. The molecule has 0 unspecified atom stereocenters. The van der Waals surface area contributed by atoms with Gasteiger partial charge in [0.05, 0.1) is 12.0 Å². The molecule has 1 saturated heterocycles. The van der Waals surface area contributed by atoms with Gasteiger partial charge in [0.25, 0.3) is 0 Å². The highest BCUT2D eigenvalue weighted by Crippen LogP contribution is 2.21. The van der Waals surface area contributed by atoms with Crippen LogP contribution in [-0.2, 0) is 16.4 Å². The zero-order valence-electron chi connectivity index (χ0n) is 18.0. The average Bonchev–Trinajstić information content (AvgIpc) is 3.28. The zero-order valence-corrected chi connectivity index (χ0v) is 19.6. The number of hydrogen-bond donors (Lipinski definition) is 1. The fourth-order valence-electron chi connectivity index (χ4n) is 3.59. The van der Waals surface area contributed by atoms with Crippen molar-refractivity contribution in [3.63, 3.8) is 0 Å². The van der Waals surface area contributed by atoms with Crippen LogP contribution in [0.2, 0.25) is 0 Å². The minimum Gasteiger partial charge on any atom is -0.497 e. The molecule has 8 nitrogen and oxygen atoms in total. The standard InChI is InChI=1S/C22H27N5O3S2/c1-30-19-7-5-6-18(16-19)17-21-24-22(31-25-21)27-14-12-26(13-15-27)11-10-23-32(28,29)20-8-3-2-4-9-20/h2-9,16,23H,10-15,17H2,1H3. The molecule has 170 valence electrons. The summed E-state index contributed by atoms with van der Waals surface area (Å²) in [6.45, 7) is 4.48. The molecule has 10 heteroatoms. The number of benzene rings is 2. The number of nitrogens with zero attached hydrogens (tertiary/aromatic N) is 4. The molecule has 0 bridgehead atoms. The Bertz CT molecular complexity index is 1110. The van der Waals surface area contributed by atoms with Crippen LogP contribution in [0.1, 0.15) is 11.4 Å². The van der Waals surface area contributed by atoms with E-state index in [1.165, 1.54) is 11.5 Å². The van der Waals surface area contributed by atoms with Gasteiger partial charge in [0.15, 0.2) is 0 Å². The van der Waals surface area contributed by atoms with Crippen molar-refractivity contribution in [3.05, 3.63) is 66.0 Å². The molecule has 1 aromatic heterocycles. The number of ether oxygens (including phenoxy) is 1. The van der Waals surface area contributed by atoms with Gasteiger partial charge in [-0.1, -0.05) is 30.3 Å².